The van der Waals surface area contributed by atoms with Crippen molar-refractivity contribution in [1.29, 1.82) is 0 Å². The summed E-state index contributed by atoms with van der Waals surface area (Å²) in [5.74, 6) is 0.285. The Morgan fingerprint density at radius 1 is 1.46 bits per heavy atom. The lowest BCUT2D eigenvalue weighted by Gasteiger charge is -2.20. The third-order valence-electron chi connectivity index (χ3n) is 2.43. The average molecular weight is 207 g/mol. The molecule has 1 heterocycles. The van der Waals surface area contributed by atoms with E-state index in [4.69, 9.17) is 5.11 Å². The van der Waals surface area contributed by atoms with E-state index in [9.17, 15) is 8.42 Å². The summed E-state index contributed by atoms with van der Waals surface area (Å²) in [5.41, 5.74) is 0. The van der Waals surface area contributed by atoms with Gasteiger partial charge in [-0.2, -0.15) is 4.31 Å². The number of rotatable bonds is 3. The van der Waals surface area contributed by atoms with E-state index in [1.165, 1.54) is 4.31 Å². The van der Waals surface area contributed by atoms with E-state index in [2.05, 4.69) is 0 Å². The lowest BCUT2D eigenvalue weighted by Crippen LogP contribution is -2.36. The molecule has 0 saturated carbocycles. The monoisotopic (exact) mass is 207 g/mol. The largest absolute Gasteiger partial charge is 0.395 e. The minimum absolute atomic E-state index is 0.0894. The first-order valence-corrected chi connectivity index (χ1v) is 6.18. The quantitative estimate of drug-likeness (QED) is 0.711. The van der Waals surface area contributed by atoms with Crippen LogP contribution in [-0.4, -0.2) is 42.8 Å². The molecule has 78 valence electrons. The molecule has 0 aliphatic carbocycles. The van der Waals surface area contributed by atoms with Gasteiger partial charge in [0, 0.05) is 12.6 Å². The number of aliphatic hydroxyl groups is 1. The number of sulfonamides is 1. The zero-order valence-electron chi connectivity index (χ0n) is 8.10. The Morgan fingerprint density at radius 3 is 2.46 bits per heavy atom. The van der Waals surface area contributed by atoms with E-state index in [1.54, 1.807) is 0 Å². The lowest BCUT2D eigenvalue weighted by molar-refractivity contribution is 0.313. The number of nitrogens with zero attached hydrogens (tertiary/aromatic N) is 1. The van der Waals surface area contributed by atoms with Gasteiger partial charge in [-0.3, -0.25) is 0 Å². The lowest BCUT2D eigenvalue weighted by atomic mass is 10.1. The molecule has 1 rings (SSSR count). The minimum atomic E-state index is -3.21. The fraction of sp³-hybridized carbons (Fsp3) is 1.00. The van der Waals surface area contributed by atoms with Crippen LogP contribution in [0.4, 0.5) is 0 Å². The fourth-order valence-electron chi connectivity index (χ4n) is 1.88. The molecule has 0 aromatic rings. The molecule has 1 aliphatic rings. The molecule has 1 saturated heterocycles. The molecule has 0 bridgehead atoms. The molecule has 0 aromatic carbocycles. The molecule has 0 radical (unpaired) electrons. The van der Waals surface area contributed by atoms with Crippen molar-refractivity contribution in [3.05, 3.63) is 0 Å². The van der Waals surface area contributed by atoms with Gasteiger partial charge in [-0.25, -0.2) is 8.42 Å². The van der Waals surface area contributed by atoms with Crippen molar-refractivity contribution in [3.8, 4) is 0 Å². The Bertz CT molecular complexity index is 263. The van der Waals surface area contributed by atoms with Gasteiger partial charge in [0.25, 0.3) is 0 Å². The van der Waals surface area contributed by atoms with Gasteiger partial charge in [-0.1, -0.05) is 6.92 Å². The average Bonchev–Trinajstić information content (AvgIpc) is 2.30. The number of hydrogen-bond donors (Lipinski definition) is 1. The van der Waals surface area contributed by atoms with Gasteiger partial charge < -0.3 is 5.11 Å². The van der Waals surface area contributed by atoms with Crippen molar-refractivity contribution in [2.75, 3.05) is 18.9 Å². The first-order valence-electron chi connectivity index (χ1n) is 4.57. The highest BCUT2D eigenvalue weighted by atomic mass is 32.2. The van der Waals surface area contributed by atoms with Crippen LogP contribution in [0.15, 0.2) is 0 Å². The maximum atomic E-state index is 11.6. The summed E-state index contributed by atoms with van der Waals surface area (Å²) in [6.07, 6.45) is 0.921. The molecule has 0 aromatic heterocycles. The maximum Gasteiger partial charge on any atom is 0.216 e. The number of hydrogen-bond acceptors (Lipinski definition) is 3. The van der Waals surface area contributed by atoms with Crippen LogP contribution in [0.1, 0.15) is 20.3 Å². The van der Waals surface area contributed by atoms with Gasteiger partial charge in [0.2, 0.25) is 10.0 Å². The Kier molecular flexibility index (Phi) is 3.32. The molecule has 2 unspecified atom stereocenters. The summed E-state index contributed by atoms with van der Waals surface area (Å²) in [6.45, 7) is 4.27. The second-order valence-corrected chi connectivity index (χ2v) is 5.84. The molecular weight excluding hydrogens is 190 g/mol. The van der Waals surface area contributed by atoms with Crippen molar-refractivity contribution < 1.29 is 13.5 Å². The molecule has 1 N–H and O–H groups in total. The topological polar surface area (TPSA) is 57.6 Å². The molecule has 1 fully saturated rings. The molecule has 2 atom stereocenters. The van der Waals surface area contributed by atoms with E-state index in [1.807, 2.05) is 13.8 Å². The van der Waals surface area contributed by atoms with Crippen LogP contribution in [0.3, 0.4) is 0 Å². The Hall–Kier alpha value is -0.130. The third-order valence-corrected chi connectivity index (χ3v) is 4.36. The summed E-state index contributed by atoms with van der Waals surface area (Å²) >= 11 is 0. The van der Waals surface area contributed by atoms with E-state index in [-0.39, 0.29) is 18.4 Å². The number of aliphatic hydroxyl groups excluding tert-OH is 1. The van der Waals surface area contributed by atoms with Gasteiger partial charge in [-0.15, -0.1) is 0 Å². The second-order valence-electron chi connectivity index (χ2n) is 3.80. The second kappa shape index (κ2) is 3.94. The zero-order valence-corrected chi connectivity index (χ0v) is 8.92. The summed E-state index contributed by atoms with van der Waals surface area (Å²) in [5, 5.41) is 8.61. The molecule has 1 aliphatic heterocycles. The summed E-state index contributed by atoms with van der Waals surface area (Å²) in [7, 11) is -3.21. The van der Waals surface area contributed by atoms with Crippen LogP contribution in [0.2, 0.25) is 0 Å². The van der Waals surface area contributed by atoms with Crippen LogP contribution < -0.4 is 0 Å². The fourth-order valence-corrected chi connectivity index (χ4v) is 3.46. The van der Waals surface area contributed by atoms with Crippen LogP contribution in [0.25, 0.3) is 0 Å². The highest BCUT2D eigenvalue weighted by molar-refractivity contribution is 7.89. The Labute approximate surface area is 79.6 Å². The minimum Gasteiger partial charge on any atom is -0.395 e. The van der Waals surface area contributed by atoms with Gasteiger partial charge in [-0.05, 0) is 19.3 Å². The summed E-state index contributed by atoms with van der Waals surface area (Å²) in [4.78, 5) is 0. The molecular formula is C8H17NO3S. The van der Waals surface area contributed by atoms with Crippen molar-refractivity contribution >= 4 is 10.0 Å². The van der Waals surface area contributed by atoms with Crippen LogP contribution in [-0.2, 0) is 10.0 Å². The first kappa shape index (κ1) is 10.9. The van der Waals surface area contributed by atoms with E-state index >= 15 is 0 Å². The van der Waals surface area contributed by atoms with Crippen LogP contribution >= 0.6 is 0 Å². The van der Waals surface area contributed by atoms with Crippen molar-refractivity contribution in [2.24, 2.45) is 5.92 Å². The van der Waals surface area contributed by atoms with Crippen LogP contribution in [0, 0.1) is 5.92 Å². The van der Waals surface area contributed by atoms with Gasteiger partial charge in [0.1, 0.15) is 0 Å². The SMILES string of the molecule is CC1CC(C)N(S(=O)(=O)CCO)C1. The Morgan fingerprint density at radius 2 is 2.08 bits per heavy atom. The Balaban J connectivity index is 2.72. The summed E-state index contributed by atoms with van der Waals surface area (Å²) < 4.78 is 24.6. The summed E-state index contributed by atoms with van der Waals surface area (Å²) in [6, 6.07) is 0.0894. The van der Waals surface area contributed by atoms with Crippen molar-refractivity contribution in [2.45, 2.75) is 26.3 Å². The predicted molar refractivity (Wildman–Crippen MR) is 50.8 cm³/mol. The van der Waals surface area contributed by atoms with Crippen molar-refractivity contribution in [3.63, 3.8) is 0 Å². The first-order chi connectivity index (χ1) is 5.97. The standard InChI is InChI=1S/C8H17NO3S/c1-7-5-8(2)9(6-7)13(11,12)4-3-10/h7-8,10H,3-6H2,1-2H3. The van der Waals surface area contributed by atoms with Crippen LogP contribution in [0.5, 0.6) is 0 Å². The molecule has 5 heteroatoms. The molecule has 0 amide bonds. The molecule has 4 nitrogen and oxygen atoms in total. The maximum absolute atomic E-state index is 11.6. The van der Waals surface area contributed by atoms with E-state index < -0.39 is 10.0 Å². The third kappa shape index (κ3) is 2.42. The highest BCUT2D eigenvalue weighted by Crippen LogP contribution is 2.25. The van der Waals surface area contributed by atoms with Gasteiger partial charge in [0.15, 0.2) is 0 Å². The van der Waals surface area contributed by atoms with E-state index in [0.29, 0.717) is 12.5 Å². The van der Waals surface area contributed by atoms with Crippen molar-refractivity contribution in [1.82, 2.24) is 4.31 Å². The smallest absolute Gasteiger partial charge is 0.216 e. The highest BCUT2D eigenvalue weighted by Gasteiger charge is 2.34. The molecule has 0 spiro atoms. The van der Waals surface area contributed by atoms with Gasteiger partial charge >= 0.3 is 0 Å². The molecule has 13 heavy (non-hydrogen) atoms. The van der Waals surface area contributed by atoms with Gasteiger partial charge in [0.05, 0.1) is 12.4 Å². The predicted octanol–water partition coefficient (Wildman–Crippen LogP) is 0.0388. The van der Waals surface area contributed by atoms with E-state index in [0.717, 1.165) is 6.42 Å². The normalized spacial score (nSPS) is 31.0. The zero-order chi connectivity index (χ0) is 10.1.